The van der Waals surface area contributed by atoms with E-state index in [2.05, 4.69) is 14.8 Å². The average Bonchev–Trinajstić information content (AvgIpc) is 2.36. The van der Waals surface area contributed by atoms with Gasteiger partial charge in [0.15, 0.2) is 5.92 Å². The molecule has 1 amide bonds. The molecule has 0 rings (SSSR count). The van der Waals surface area contributed by atoms with Gasteiger partial charge in [-0.25, -0.2) is 0 Å². The summed E-state index contributed by atoms with van der Waals surface area (Å²) in [6.07, 6.45) is -0.563. The lowest BCUT2D eigenvalue weighted by molar-refractivity contribution is -0.158. The van der Waals surface area contributed by atoms with Crippen LogP contribution in [0, 0.1) is 5.92 Å². The molecular weight excluding hydrogens is 260 g/mol. The van der Waals surface area contributed by atoms with E-state index in [0.29, 0.717) is 0 Å². The van der Waals surface area contributed by atoms with Crippen molar-refractivity contribution >= 4 is 23.8 Å². The van der Waals surface area contributed by atoms with Gasteiger partial charge in [0.2, 0.25) is 5.91 Å². The zero-order chi connectivity index (χ0) is 15.0. The molecule has 0 saturated carbocycles. The van der Waals surface area contributed by atoms with E-state index in [1.807, 2.05) is 0 Å². The summed E-state index contributed by atoms with van der Waals surface area (Å²) in [5, 5.41) is 10.6. The van der Waals surface area contributed by atoms with Gasteiger partial charge in [0.1, 0.15) is 0 Å². The number of carboxylic acid groups (broad SMARTS) is 1. The van der Waals surface area contributed by atoms with Gasteiger partial charge in [-0.15, -0.1) is 0 Å². The summed E-state index contributed by atoms with van der Waals surface area (Å²) in [6, 6.07) is -1.27. The second-order valence-electron chi connectivity index (χ2n) is 3.55. The Morgan fingerprint density at radius 3 is 2.00 bits per heavy atom. The highest BCUT2D eigenvalue weighted by Crippen LogP contribution is 2.01. The van der Waals surface area contributed by atoms with Crippen molar-refractivity contribution in [3.05, 3.63) is 0 Å². The first-order valence-electron chi connectivity index (χ1n) is 5.24. The number of nitrogens with one attached hydrogen (secondary N) is 1. The number of nitrogens with two attached hydrogens (primary N) is 1. The van der Waals surface area contributed by atoms with E-state index in [1.54, 1.807) is 0 Å². The van der Waals surface area contributed by atoms with Crippen LogP contribution in [0.2, 0.25) is 0 Å². The van der Waals surface area contributed by atoms with Crippen molar-refractivity contribution in [3.8, 4) is 0 Å². The van der Waals surface area contributed by atoms with Crippen molar-refractivity contribution in [1.29, 1.82) is 0 Å². The fraction of sp³-hybridized carbons (Fsp3) is 0.600. The predicted molar refractivity (Wildman–Crippen MR) is 60.8 cm³/mol. The van der Waals surface area contributed by atoms with Crippen LogP contribution in [0.1, 0.15) is 6.42 Å². The monoisotopic (exact) mass is 276 g/mol. The van der Waals surface area contributed by atoms with Gasteiger partial charge in [0, 0.05) is 6.54 Å². The largest absolute Gasteiger partial charge is 0.481 e. The first-order valence-corrected chi connectivity index (χ1v) is 5.24. The minimum atomic E-state index is -1.32. The maximum Gasteiger partial charge on any atom is 0.321 e. The summed E-state index contributed by atoms with van der Waals surface area (Å²) < 4.78 is 8.75. The van der Waals surface area contributed by atoms with Gasteiger partial charge in [-0.2, -0.15) is 0 Å². The van der Waals surface area contributed by atoms with Crippen LogP contribution in [0.15, 0.2) is 0 Å². The average molecular weight is 276 g/mol. The maximum absolute atomic E-state index is 11.4. The van der Waals surface area contributed by atoms with Crippen LogP contribution in [0.3, 0.4) is 0 Å². The molecule has 0 fully saturated rings. The zero-order valence-electron chi connectivity index (χ0n) is 10.5. The number of hydrogen-bond acceptors (Lipinski definition) is 7. The number of methoxy groups -OCH3 is 2. The Labute approximate surface area is 109 Å². The van der Waals surface area contributed by atoms with Crippen molar-refractivity contribution in [2.24, 2.45) is 11.7 Å². The van der Waals surface area contributed by atoms with E-state index in [4.69, 9.17) is 10.8 Å². The van der Waals surface area contributed by atoms with Crippen molar-refractivity contribution in [2.45, 2.75) is 12.5 Å². The predicted octanol–water partition coefficient (Wildman–Crippen LogP) is -2.13. The lowest BCUT2D eigenvalue weighted by Crippen LogP contribution is -2.46. The molecule has 9 nitrogen and oxygen atoms in total. The van der Waals surface area contributed by atoms with E-state index < -0.39 is 42.2 Å². The first kappa shape index (κ1) is 16.8. The van der Waals surface area contributed by atoms with Crippen LogP contribution in [-0.2, 0) is 28.7 Å². The number of hydrogen-bond donors (Lipinski definition) is 3. The molecule has 0 aliphatic heterocycles. The molecule has 0 aliphatic rings. The third-order valence-electron chi connectivity index (χ3n) is 2.18. The van der Waals surface area contributed by atoms with E-state index in [0.717, 1.165) is 14.2 Å². The van der Waals surface area contributed by atoms with Crippen LogP contribution in [0.25, 0.3) is 0 Å². The second-order valence-corrected chi connectivity index (χ2v) is 3.55. The first-order chi connectivity index (χ1) is 8.83. The normalized spacial score (nSPS) is 11.6. The van der Waals surface area contributed by atoms with Gasteiger partial charge < -0.3 is 25.6 Å². The standard InChI is InChI=1S/C10H16N2O7/c1-18-9(16)5(10(17)19-2)4-12-8(15)6(11)3-7(13)14/h5-6H,3-4,11H2,1-2H3,(H,12,15)(H,13,14). The number of aliphatic carboxylic acids is 1. The summed E-state index contributed by atoms with van der Waals surface area (Å²) in [7, 11) is 2.16. The van der Waals surface area contributed by atoms with Gasteiger partial charge >= 0.3 is 17.9 Å². The Morgan fingerprint density at radius 1 is 1.16 bits per heavy atom. The molecule has 0 saturated heterocycles. The number of esters is 2. The molecule has 0 spiro atoms. The molecule has 4 N–H and O–H groups in total. The second kappa shape index (κ2) is 8.03. The summed E-state index contributed by atoms with van der Waals surface area (Å²) in [5.74, 6) is -5.10. The minimum absolute atomic E-state index is 0.383. The van der Waals surface area contributed by atoms with Crippen LogP contribution in [-0.4, -0.2) is 55.7 Å². The highest BCUT2D eigenvalue weighted by molar-refractivity contribution is 5.96. The fourth-order valence-electron chi connectivity index (χ4n) is 1.16. The smallest absolute Gasteiger partial charge is 0.321 e. The Balaban J connectivity index is 4.47. The molecule has 0 heterocycles. The molecule has 0 aromatic heterocycles. The number of carbonyl (C=O) groups excluding carboxylic acids is 3. The summed E-state index contributed by atoms with van der Waals surface area (Å²) in [5.41, 5.74) is 5.30. The van der Waals surface area contributed by atoms with Crippen molar-refractivity contribution < 1.29 is 33.8 Å². The van der Waals surface area contributed by atoms with Gasteiger partial charge in [0.25, 0.3) is 0 Å². The van der Waals surface area contributed by atoms with E-state index in [9.17, 15) is 19.2 Å². The zero-order valence-corrected chi connectivity index (χ0v) is 10.5. The highest BCUT2D eigenvalue weighted by Gasteiger charge is 2.29. The molecule has 19 heavy (non-hydrogen) atoms. The Morgan fingerprint density at radius 2 is 1.63 bits per heavy atom. The SMILES string of the molecule is COC(=O)C(CNC(=O)C(N)CC(=O)O)C(=O)OC. The maximum atomic E-state index is 11.4. The van der Waals surface area contributed by atoms with Crippen molar-refractivity contribution in [1.82, 2.24) is 5.32 Å². The van der Waals surface area contributed by atoms with Crippen molar-refractivity contribution in [3.63, 3.8) is 0 Å². The van der Waals surface area contributed by atoms with Gasteiger partial charge in [0.05, 0.1) is 26.7 Å². The molecule has 108 valence electrons. The van der Waals surface area contributed by atoms with E-state index in [-0.39, 0.29) is 6.54 Å². The fourth-order valence-corrected chi connectivity index (χ4v) is 1.16. The minimum Gasteiger partial charge on any atom is -0.481 e. The molecule has 0 aliphatic carbocycles. The summed E-state index contributed by atoms with van der Waals surface area (Å²) in [6.45, 7) is -0.383. The topological polar surface area (TPSA) is 145 Å². The molecule has 1 unspecified atom stereocenters. The third kappa shape index (κ3) is 5.82. The number of carboxylic acids is 1. The lowest BCUT2D eigenvalue weighted by Gasteiger charge is -2.15. The molecule has 1 atom stereocenters. The van der Waals surface area contributed by atoms with Crippen LogP contribution >= 0.6 is 0 Å². The Bertz CT molecular complexity index is 353. The quantitative estimate of drug-likeness (QED) is 0.353. The summed E-state index contributed by atoms with van der Waals surface area (Å²) >= 11 is 0. The van der Waals surface area contributed by atoms with Crippen LogP contribution in [0.5, 0.6) is 0 Å². The number of amides is 1. The number of rotatable bonds is 7. The number of ether oxygens (including phenoxy) is 2. The summed E-state index contributed by atoms with van der Waals surface area (Å²) in [4.78, 5) is 44.3. The van der Waals surface area contributed by atoms with Crippen LogP contribution in [0.4, 0.5) is 0 Å². The van der Waals surface area contributed by atoms with Gasteiger partial charge in [-0.05, 0) is 0 Å². The van der Waals surface area contributed by atoms with E-state index >= 15 is 0 Å². The molecule has 0 aromatic rings. The van der Waals surface area contributed by atoms with Gasteiger partial charge in [-0.3, -0.25) is 19.2 Å². The highest BCUT2D eigenvalue weighted by atomic mass is 16.5. The Hall–Kier alpha value is -2.16. The van der Waals surface area contributed by atoms with Gasteiger partial charge in [-0.1, -0.05) is 0 Å². The van der Waals surface area contributed by atoms with Crippen LogP contribution < -0.4 is 11.1 Å². The number of carbonyl (C=O) groups is 4. The molecular formula is C10H16N2O7. The molecule has 0 radical (unpaired) electrons. The van der Waals surface area contributed by atoms with E-state index in [1.165, 1.54) is 0 Å². The lowest BCUT2D eigenvalue weighted by atomic mass is 10.1. The Kier molecular flexibility index (Phi) is 7.12. The molecule has 9 heteroatoms. The molecule has 0 aromatic carbocycles. The third-order valence-corrected chi connectivity index (χ3v) is 2.18. The molecule has 0 bridgehead atoms. The van der Waals surface area contributed by atoms with Crippen molar-refractivity contribution in [2.75, 3.05) is 20.8 Å².